The van der Waals surface area contributed by atoms with Gasteiger partial charge in [-0.1, -0.05) is 0 Å². The number of hydrogen-bond donors (Lipinski definition) is 1. The van der Waals surface area contributed by atoms with Gasteiger partial charge in [0.1, 0.15) is 0 Å². The molecule has 0 bridgehead atoms. The Hall–Kier alpha value is -1.54. The van der Waals surface area contributed by atoms with Gasteiger partial charge in [0, 0.05) is 44.9 Å². The van der Waals surface area contributed by atoms with Crippen LogP contribution in [0.15, 0.2) is 12.4 Å². The molecule has 8 heteroatoms. The minimum absolute atomic E-state index is 0.0260. The molecule has 1 aliphatic heterocycles. The lowest BCUT2D eigenvalue weighted by atomic mass is 9.96. The quantitative estimate of drug-likeness (QED) is 0.840. The highest BCUT2D eigenvalue weighted by atomic mass is 32.2. The Morgan fingerprint density at radius 1 is 1.41 bits per heavy atom. The zero-order valence-electron chi connectivity index (χ0n) is 12.9. The predicted molar refractivity (Wildman–Crippen MR) is 82.8 cm³/mol. The summed E-state index contributed by atoms with van der Waals surface area (Å²) in [5.41, 5.74) is 1.58. The third-order valence-electron chi connectivity index (χ3n) is 3.88. The van der Waals surface area contributed by atoms with E-state index in [2.05, 4.69) is 15.3 Å². The maximum atomic E-state index is 11.6. The van der Waals surface area contributed by atoms with Crippen molar-refractivity contribution < 1.29 is 13.2 Å². The van der Waals surface area contributed by atoms with E-state index < -0.39 is 10.0 Å². The normalized spacial score (nSPS) is 19.8. The van der Waals surface area contributed by atoms with E-state index in [1.165, 1.54) is 10.6 Å². The molecular formula is C14H22N4O3S. The second kappa shape index (κ2) is 7.15. The zero-order valence-corrected chi connectivity index (χ0v) is 13.8. The standard InChI is InChI=1S/C14H22N4O3S/c1-15-14(19)6-5-12-8-17-13(9-16-12)11-4-3-7-18(10-11)22(2,20)21/h8-9,11H,3-7,10H2,1-2H3,(H,15,19)/t11-/m1/s1. The molecule has 1 amide bonds. The molecule has 1 aromatic heterocycles. The number of nitrogens with zero attached hydrogens (tertiary/aromatic N) is 3. The first-order valence-corrected chi connectivity index (χ1v) is 9.21. The first-order chi connectivity index (χ1) is 10.4. The van der Waals surface area contributed by atoms with E-state index in [0.717, 1.165) is 24.2 Å². The van der Waals surface area contributed by atoms with Crippen LogP contribution in [0.2, 0.25) is 0 Å². The van der Waals surface area contributed by atoms with Crippen molar-refractivity contribution in [3.63, 3.8) is 0 Å². The molecule has 1 atom stereocenters. The Morgan fingerprint density at radius 2 is 2.18 bits per heavy atom. The van der Waals surface area contributed by atoms with Gasteiger partial charge >= 0.3 is 0 Å². The number of carbonyl (C=O) groups is 1. The fourth-order valence-electron chi connectivity index (χ4n) is 2.56. The van der Waals surface area contributed by atoms with Gasteiger partial charge in [-0.2, -0.15) is 0 Å². The van der Waals surface area contributed by atoms with Crippen molar-refractivity contribution in [1.82, 2.24) is 19.6 Å². The van der Waals surface area contributed by atoms with Crippen molar-refractivity contribution in [2.45, 2.75) is 31.6 Å². The van der Waals surface area contributed by atoms with Crippen molar-refractivity contribution in [1.29, 1.82) is 0 Å². The molecule has 1 aromatic rings. The number of hydrogen-bond acceptors (Lipinski definition) is 5. The zero-order chi connectivity index (χ0) is 16.2. The predicted octanol–water partition coefficient (Wildman–Crippen LogP) is 0.294. The van der Waals surface area contributed by atoms with Crippen LogP contribution < -0.4 is 5.32 Å². The summed E-state index contributed by atoms with van der Waals surface area (Å²) in [5.74, 6) is 0.0610. The number of rotatable bonds is 5. The van der Waals surface area contributed by atoms with Crippen LogP contribution in [0.25, 0.3) is 0 Å². The molecule has 0 aromatic carbocycles. The third kappa shape index (κ3) is 4.48. The highest BCUT2D eigenvalue weighted by molar-refractivity contribution is 7.88. The average molecular weight is 326 g/mol. The van der Waals surface area contributed by atoms with Crippen molar-refractivity contribution in [2.24, 2.45) is 0 Å². The molecule has 2 heterocycles. The molecule has 1 aliphatic rings. The van der Waals surface area contributed by atoms with Crippen LogP contribution in [0, 0.1) is 0 Å². The monoisotopic (exact) mass is 326 g/mol. The van der Waals surface area contributed by atoms with Gasteiger partial charge in [0.05, 0.1) is 17.6 Å². The van der Waals surface area contributed by atoms with Gasteiger partial charge in [0.15, 0.2) is 0 Å². The van der Waals surface area contributed by atoms with Crippen molar-refractivity contribution in [2.75, 3.05) is 26.4 Å². The van der Waals surface area contributed by atoms with Crippen LogP contribution in [0.4, 0.5) is 0 Å². The Kier molecular flexibility index (Phi) is 5.47. The second-order valence-electron chi connectivity index (χ2n) is 5.57. The number of aryl methyl sites for hydroxylation is 1. The van der Waals surface area contributed by atoms with E-state index in [0.29, 0.717) is 25.9 Å². The molecule has 122 valence electrons. The van der Waals surface area contributed by atoms with E-state index in [-0.39, 0.29) is 11.8 Å². The topological polar surface area (TPSA) is 92.3 Å². The fraction of sp³-hybridized carbons (Fsp3) is 0.643. The Balaban J connectivity index is 1.99. The number of sulfonamides is 1. The van der Waals surface area contributed by atoms with Gasteiger partial charge in [-0.3, -0.25) is 14.8 Å². The molecular weight excluding hydrogens is 304 g/mol. The summed E-state index contributed by atoms with van der Waals surface area (Å²) < 4.78 is 24.8. The van der Waals surface area contributed by atoms with Crippen molar-refractivity contribution in [3.8, 4) is 0 Å². The molecule has 0 aliphatic carbocycles. The van der Waals surface area contributed by atoms with Crippen LogP contribution in [0.1, 0.15) is 36.6 Å². The maximum Gasteiger partial charge on any atom is 0.220 e. The van der Waals surface area contributed by atoms with E-state index >= 15 is 0 Å². The van der Waals surface area contributed by atoms with E-state index in [9.17, 15) is 13.2 Å². The van der Waals surface area contributed by atoms with Gasteiger partial charge in [-0.05, 0) is 19.3 Å². The van der Waals surface area contributed by atoms with Crippen LogP contribution in [0.3, 0.4) is 0 Å². The van der Waals surface area contributed by atoms with Crippen LogP contribution in [0.5, 0.6) is 0 Å². The number of nitrogens with one attached hydrogen (secondary N) is 1. The second-order valence-corrected chi connectivity index (χ2v) is 7.55. The average Bonchev–Trinajstić information content (AvgIpc) is 2.52. The molecule has 0 unspecified atom stereocenters. The largest absolute Gasteiger partial charge is 0.359 e. The van der Waals surface area contributed by atoms with Crippen LogP contribution >= 0.6 is 0 Å². The number of amides is 1. The third-order valence-corrected chi connectivity index (χ3v) is 5.15. The summed E-state index contributed by atoms with van der Waals surface area (Å²) in [6.07, 6.45) is 7.30. The van der Waals surface area contributed by atoms with E-state index in [4.69, 9.17) is 0 Å². The lowest BCUT2D eigenvalue weighted by molar-refractivity contribution is -0.120. The smallest absolute Gasteiger partial charge is 0.220 e. The molecule has 0 radical (unpaired) electrons. The first kappa shape index (κ1) is 16.8. The summed E-state index contributed by atoms with van der Waals surface area (Å²) in [4.78, 5) is 20.0. The van der Waals surface area contributed by atoms with Crippen LogP contribution in [-0.2, 0) is 21.2 Å². The molecule has 1 fully saturated rings. The number of carbonyl (C=O) groups excluding carboxylic acids is 1. The van der Waals surface area contributed by atoms with Gasteiger partial charge < -0.3 is 5.32 Å². The molecule has 0 saturated carbocycles. The molecule has 22 heavy (non-hydrogen) atoms. The minimum Gasteiger partial charge on any atom is -0.359 e. The minimum atomic E-state index is -3.16. The maximum absolute atomic E-state index is 11.6. The van der Waals surface area contributed by atoms with Gasteiger partial charge in [0.2, 0.25) is 15.9 Å². The highest BCUT2D eigenvalue weighted by Gasteiger charge is 2.27. The summed E-state index contributed by atoms with van der Waals surface area (Å²) in [6, 6.07) is 0. The summed E-state index contributed by atoms with van der Waals surface area (Å²) in [7, 11) is -1.55. The highest BCUT2D eigenvalue weighted by Crippen LogP contribution is 2.26. The SMILES string of the molecule is CNC(=O)CCc1cnc([C@@H]2CCCN(S(C)(=O)=O)C2)cn1. The number of piperidine rings is 1. The van der Waals surface area contributed by atoms with E-state index in [1.54, 1.807) is 19.4 Å². The number of aromatic nitrogens is 2. The molecule has 7 nitrogen and oxygen atoms in total. The fourth-order valence-corrected chi connectivity index (χ4v) is 3.47. The molecule has 2 rings (SSSR count). The summed E-state index contributed by atoms with van der Waals surface area (Å²) >= 11 is 0. The first-order valence-electron chi connectivity index (χ1n) is 7.36. The summed E-state index contributed by atoms with van der Waals surface area (Å²) in [6.45, 7) is 1.04. The Morgan fingerprint density at radius 3 is 2.77 bits per heavy atom. The van der Waals surface area contributed by atoms with E-state index in [1.807, 2.05) is 0 Å². The molecule has 0 spiro atoms. The molecule has 1 N–H and O–H groups in total. The molecule has 1 saturated heterocycles. The van der Waals surface area contributed by atoms with Gasteiger partial charge in [-0.25, -0.2) is 12.7 Å². The van der Waals surface area contributed by atoms with Gasteiger partial charge in [0.25, 0.3) is 0 Å². The van der Waals surface area contributed by atoms with Crippen molar-refractivity contribution in [3.05, 3.63) is 23.8 Å². The lowest BCUT2D eigenvalue weighted by Crippen LogP contribution is -2.38. The summed E-state index contributed by atoms with van der Waals surface area (Å²) in [5, 5.41) is 2.57. The lowest BCUT2D eigenvalue weighted by Gasteiger charge is -2.30. The van der Waals surface area contributed by atoms with Crippen LogP contribution in [-0.4, -0.2) is 55.0 Å². The van der Waals surface area contributed by atoms with Gasteiger partial charge in [-0.15, -0.1) is 0 Å². The van der Waals surface area contributed by atoms with Crippen molar-refractivity contribution >= 4 is 15.9 Å². The Bertz CT molecular complexity index is 615. The Labute approximate surface area is 131 Å².